The van der Waals surface area contributed by atoms with Crippen LogP contribution in [0.1, 0.15) is 17.2 Å². The molecule has 1 atom stereocenters. The van der Waals surface area contributed by atoms with Crippen molar-refractivity contribution in [2.24, 2.45) is 0 Å². The molecule has 0 aliphatic heterocycles. The molecule has 4 rings (SSSR count). The van der Waals surface area contributed by atoms with Crippen molar-refractivity contribution in [3.8, 4) is 11.3 Å². The first-order valence-electron chi connectivity index (χ1n) is 8.48. The van der Waals surface area contributed by atoms with Gasteiger partial charge in [0.2, 0.25) is 0 Å². The quantitative estimate of drug-likeness (QED) is 0.599. The van der Waals surface area contributed by atoms with Gasteiger partial charge in [0.1, 0.15) is 6.10 Å². The van der Waals surface area contributed by atoms with E-state index < -0.39 is 6.10 Å². The number of nitrogens with one attached hydrogen (secondary N) is 1. The maximum Gasteiger partial charge on any atom is 0.258 e. The van der Waals surface area contributed by atoms with E-state index in [2.05, 4.69) is 5.32 Å². The van der Waals surface area contributed by atoms with Crippen molar-refractivity contribution in [2.75, 3.05) is 19.7 Å². The standard InChI is InChI=1S/C20H20N2O3.ClH/c23-12-10-21-9-11-22-18-14-6-2-3-7-15(14)19(24)17(18)13-5-1-4-8-16(13)20(22)25;/h1-8,19,21,23-24H,9-12H2;1H. The van der Waals surface area contributed by atoms with E-state index in [1.54, 1.807) is 4.57 Å². The lowest BCUT2D eigenvalue weighted by molar-refractivity contribution is 0.226. The van der Waals surface area contributed by atoms with Gasteiger partial charge in [-0.15, -0.1) is 12.4 Å². The summed E-state index contributed by atoms with van der Waals surface area (Å²) in [5.41, 5.74) is 3.31. The molecular formula is C20H21ClN2O3. The molecule has 1 aliphatic carbocycles. The maximum absolute atomic E-state index is 13.1. The van der Waals surface area contributed by atoms with Crippen LogP contribution in [0.25, 0.3) is 22.0 Å². The van der Waals surface area contributed by atoms with Crippen molar-refractivity contribution >= 4 is 23.2 Å². The van der Waals surface area contributed by atoms with Gasteiger partial charge >= 0.3 is 0 Å². The Balaban J connectivity index is 0.00000196. The lowest BCUT2D eigenvalue weighted by Crippen LogP contribution is -2.30. The number of hydrogen-bond acceptors (Lipinski definition) is 4. The van der Waals surface area contributed by atoms with Crippen molar-refractivity contribution in [1.82, 2.24) is 9.88 Å². The van der Waals surface area contributed by atoms with E-state index >= 15 is 0 Å². The number of halogens is 1. The van der Waals surface area contributed by atoms with Gasteiger partial charge < -0.3 is 20.1 Å². The van der Waals surface area contributed by atoms with Crippen LogP contribution in [0, 0.1) is 0 Å². The normalized spacial score (nSPS) is 14.8. The monoisotopic (exact) mass is 372 g/mol. The molecule has 136 valence electrons. The molecule has 3 N–H and O–H groups in total. The SMILES string of the molecule is Cl.O=c1c2ccccc2c2c(n1CCNCCO)-c1ccccc1C2O. The van der Waals surface area contributed by atoms with Crippen molar-refractivity contribution in [1.29, 1.82) is 0 Å². The average Bonchev–Trinajstić information content (AvgIpc) is 2.94. The molecule has 0 amide bonds. The zero-order chi connectivity index (χ0) is 17.4. The molecule has 1 aliphatic rings. The third-order valence-electron chi connectivity index (χ3n) is 4.80. The maximum atomic E-state index is 13.1. The highest BCUT2D eigenvalue weighted by atomic mass is 35.5. The van der Waals surface area contributed by atoms with Gasteiger partial charge in [-0.05, 0) is 17.0 Å². The van der Waals surface area contributed by atoms with Gasteiger partial charge in [-0.2, -0.15) is 0 Å². The minimum Gasteiger partial charge on any atom is -0.395 e. The number of benzene rings is 2. The van der Waals surface area contributed by atoms with Crippen LogP contribution in [0.2, 0.25) is 0 Å². The van der Waals surface area contributed by atoms with Gasteiger partial charge in [0.25, 0.3) is 5.56 Å². The van der Waals surface area contributed by atoms with E-state index in [4.69, 9.17) is 5.11 Å². The Labute approximate surface area is 157 Å². The van der Waals surface area contributed by atoms with Gasteiger partial charge in [0, 0.05) is 36.1 Å². The minimum absolute atomic E-state index is 0. The number of nitrogens with zero attached hydrogens (tertiary/aromatic N) is 1. The first kappa shape index (κ1) is 18.6. The molecular weight excluding hydrogens is 352 g/mol. The lowest BCUT2D eigenvalue weighted by atomic mass is 10.0. The Hall–Kier alpha value is -2.18. The minimum atomic E-state index is -0.728. The summed E-state index contributed by atoms with van der Waals surface area (Å²) in [5.74, 6) is 0. The van der Waals surface area contributed by atoms with Gasteiger partial charge in [0.05, 0.1) is 12.3 Å². The van der Waals surface area contributed by atoms with Gasteiger partial charge in [-0.1, -0.05) is 42.5 Å². The summed E-state index contributed by atoms with van der Waals surface area (Å²) < 4.78 is 1.75. The molecule has 0 saturated heterocycles. The predicted octanol–water partition coefficient (Wildman–Crippen LogP) is 2.07. The number of aliphatic hydroxyl groups excluding tert-OH is 2. The first-order chi connectivity index (χ1) is 12.2. The average molecular weight is 373 g/mol. The Morgan fingerprint density at radius 1 is 1.00 bits per heavy atom. The van der Waals surface area contributed by atoms with E-state index in [9.17, 15) is 9.90 Å². The predicted molar refractivity (Wildman–Crippen MR) is 105 cm³/mol. The highest BCUT2D eigenvalue weighted by molar-refractivity contribution is 5.94. The summed E-state index contributed by atoms with van der Waals surface area (Å²) in [7, 11) is 0. The summed E-state index contributed by atoms with van der Waals surface area (Å²) in [6, 6.07) is 15.1. The lowest BCUT2D eigenvalue weighted by Gasteiger charge is -2.16. The number of aliphatic hydroxyl groups is 2. The molecule has 0 saturated carbocycles. The molecule has 0 radical (unpaired) electrons. The Kier molecular flexibility index (Phi) is 5.44. The summed E-state index contributed by atoms with van der Waals surface area (Å²) >= 11 is 0. The second-order valence-electron chi connectivity index (χ2n) is 6.23. The molecule has 26 heavy (non-hydrogen) atoms. The van der Waals surface area contributed by atoms with Crippen LogP contribution in [0.5, 0.6) is 0 Å². The molecule has 5 nitrogen and oxygen atoms in total. The largest absolute Gasteiger partial charge is 0.395 e. The fourth-order valence-electron chi connectivity index (χ4n) is 3.71. The van der Waals surface area contributed by atoms with Crippen molar-refractivity contribution < 1.29 is 10.2 Å². The Morgan fingerprint density at radius 3 is 2.46 bits per heavy atom. The fraction of sp³-hybridized carbons (Fsp3) is 0.250. The van der Waals surface area contributed by atoms with Crippen LogP contribution < -0.4 is 10.9 Å². The van der Waals surface area contributed by atoms with Gasteiger partial charge in [-0.3, -0.25) is 4.79 Å². The van der Waals surface area contributed by atoms with Gasteiger partial charge in [-0.25, -0.2) is 0 Å². The van der Waals surface area contributed by atoms with E-state index in [1.165, 1.54) is 0 Å². The highest BCUT2D eigenvalue weighted by Gasteiger charge is 2.32. The summed E-state index contributed by atoms with van der Waals surface area (Å²) in [4.78, 5) is 13.1. The Morgan fingerprint density at radius 2 is 1.69 bits per heavy atom. The van der Waals surface area contributed by atoms with Crippen LogP contribution in [-0.2, 0) is 6.54 Å². The topological polar surface area (TPSA) is 74.5 Å². The summed E-state index contributed by atoms with van der Waals surface area (Å²) in [6.45, 7) is 1.60. The van der Waals surface area contributed by atoms with Crippen LogP contribution >= 0.6 is 12.4 Å². The van der Waals surface area contributed by atoms with Crippen LogP contribution in [0.4, 0.5) is 0 Å². The molecule has 0 bridgehead atoms. The second kappa shape index (κ2) is 7.60. The number of hydrogen-bond donors (Lipinski definition) is 3. The zero-order valence-corrected chi connectivity index (χ0v) is 15.0. The van der Waals surface area contributed by atoms with E-state index in [1.807, 2.05) is 48.5 Å². The molecule has 2 aromatic carbocycles. The van der Waals surface area contributed by atoms with E-state index in [-0.39, 0.29) is 24.6 Å². The summed E-state index contributed by atoms with van der Waals surface area (Å²) in [6.07, 6.45) is -0.728. The van der Waals surface area contributed by atoms with Crippen LogP contribution in [0.15, 0.2) is 53.3 Å². The number of aromatic nitrogens is 1. The van der Waals surface area contributed by atoms with E-state index in [0.717, 1.165) is 27.8 Å². The molecule has 0 spiro atoms. The molecule has 6 heteroatoms. The third-order valence-corrected chi connectivity index (χ3v) is 4.80. The first-order valence-corrected chi connectivity index (χ1v) is 8.48. The third kappa shape index (κ3) is 2.83. The molecule has 1 heterocycles. The fourth-order valence-corrected chi connectivity index (χ4v) is 3.71. The Bertz CT molecular complexity index is 1000. The zero-order valence-electron chi connectivity index (χ0n) is 14.2. The number of fused-ring (bicyclic) bond motifs is 5. The molecule has 0 fully saturated rings. The van der Waals surface area contributed by atoms with Gasteiger partial charge in [0.15, 0.2) is 0 Å². The summed E-state index contributed by atoms with van der Waals surface area (Å²) in [5, 5.41) is 24.4. The van der Waals surface area contributed by atoms with Crippen molar-refractivity contribution in [3.05, 3.63) is 70.0 Å². The second-order valence-corrected chi connectivity index (χ2v) is 6.23. The van der Waals surface area contributed by atoms with Crippen LogP contribution in [-0.4, -0.2) is 34.5 Å². The number of pyridine rings is 1. The van der Waals surface area contributed by atoms with E-state index in [0.29, 0.717) is 25.0 Å². The molecule has 1 aromatic heterocycles. The molecule has 3 aromatic rings. The smallest absolute Gasteiger partial charge is 0.258 e. The van der Waals surface area contributed by atoms with Crippen LogP contribution in [0.3, 0.4) is 0 Å². The molecule has 1 unspecified atom stereocenters. The van der Waals surface area contributed by atoms with Crippen molar-refractivity contribution in [3.63, 3.8) is 0 Å². The van der Waals surface area contributed by atoms with Crippen molar-refractivity contribution in [2.45, 2.75) is 12.6 Å². The number of rotatable bonds is 5. The highest BCUT2D eigenvalue weighted by Crippen LogP contribution is 2.45.